The molecule has 33 heavy (non-hydrogen) atoms. The molecule has 0 radical (unpaired) electrons. The van der Waals surface area contributed by atoms with Crippen LogP contribution in [0.3, 0.4) is 0 Å². The minimum Gasteiger partial charge on any atom is -0.383 e. The van der Waals surface area contributed by atoms with Gasteiger partial charge in [0.25, 0.3) is 0 Å². The molecule has 0 amide bonds. The summed E-state index contributed by atoms with van der Waals surface area (Å²) in [6.07, 6.45) is 1.84. The van der Waals surface area contributed by atoms with Crippen LogP contribution >= 0.6 is 0 Å². The molecule has 0 saturated heterocycles. The van der Waals surface area contributed by atoms with E-state index < -0.39 is 10.0 Å². The van der Waals surface area contributed by atoms with Crippen LogP contribution in [0.4, 0.5) is 5.69 Å². The molecule has 0 spiro atoms. The van der Waals surface area contributed by atoms with Crippen LogP contribution in [0.1, 0.15) is 29.2 Å². The minimum atomic E-state index is -3.63. The van der Waals surface area contributed by atoms with E-state index in [0.717, 1.165) is 39.0 Å². The molecule has 0 aliphatic heterocycles. The molecule has 6 nitrogen and oxygen atoms in total. The second kappa shape index (κ2) is 9.00. The molecule has 0 aliphatic rings. The molecule has 4 rings (SSSR count). The Morgan fingerprint density at radius 3 is 2.33 bits per heavy atom. The molecule has 172 valence electrons. The number of sulfonamides is 1. The SMILES string of the molecule is Cc1cccc(-n2ncc3c(NCC(C)NS(=O)(=O)c4c(C)cc(C)cc4C)cccc32)c1. The molecule has 1 unspecified atom stereocenters. The molecule has 0 saturated carbocycles. The Morgan fingerprint density at radius 1 is 0.939 bits per heavy atom. The third-order valence-corrected chi connectivity index (χ3v) is 7.58. The van der Waals surface area contributed by atoms with Crippen LogP contribution in [0.2, 0.25) is 0 Å². The highest BCUT2D eigenvalue weighted by Crippen LogP contribution is 2.26. The van der Waals surface area contributed by atoms with Gasteiger partial charge >= 0.3 is 0 Å². The van der Waals surface area contributed by atoms with Gasteiger partial charge in [-0.05, 0) is 75.6 Å². The van der Waals surface area contributed by atoms with Crippen molar-refractivity contribution in [1.29, 1.82) is 0 Å². The molecular weight excluding hydrogens is 432 g/mol. The Hall–Kier alpha value is -3.16. The van der Waals surface area contributed by atoms with E-state index in [1.807, 2.05) is 81.0 Å². The van der Waals surface area contributed by atoms with E-state index in [4.69, 9.17) is 0 Å². The standard InChI is InChI=1S/C26H30N4O2S/c1-17-8-6-9-22(14-17)30-25-11-7-10-24(23(25)16-28-30)27-15-21(5)29-33(31,32)26-19(3)12-18(2)13-20(26)4/h6-14,16,21,27,29H,15H2,1-5H3. The summed E-state index contributed by atoms with van der Waals surface area (Å²) in [5, 5.41) is 8.97. The van der Waals surface area contributed by atoms with Gasteiger partial charge in [0.15, 0.2) is 0 Å². The van der Waals surface area contributed by atoms with E-state index in [1.165, 1.54) is 5.56 Å². The third-order valence-electron chi connectivity index (χ3n) is 5.69. The number of nitrogens with one attached hydrogen (secondary N) is 2. The van der Waals surface area contributed by atoms with Gasteiger partial charge in [0.05, 0.1) is 22.3 Å². The molecular formula is C26H30N4O2S. The van der Waals surface area contributed by atoms with Crippen molar-refractivity contribution in [2.75, 3.05) is 11.9 Å². The van der Waals surface area contributed by atoms with Crippen LogP contribution in [-0.4, -0.2) is 30.8 Å². The fourth-order valence-electron chi connectivity index (χ4n) is 4.39. The molecule has 2 N–H and O–H groups in total. The lowest BCUT2D eigenvalue weighted by molar-refractivity contribution is 0.564. The van der Waals surface area contributed by atoms with Crippen LogP contribution in [-0.2, 0) is 10.0 Å². The monoisotopic (exact) mass is 462 g/mol. The van der Waals surface area contributed by atoms with Crippen molar-refractivity contribution in [3.8, 4) is 5.69 Å². The predicted molar refractivity (Wildman–Crippen MR) is 135 cm³/mol. The third kappa shape index (κ3) is 4.79. The quantitative estimate of drug-likeness (QED) is 0.404. The Bertz CT molecular complexity index is 1400. The van der Waals surface area contributed by atoms with Gasteiger partial charge < -0.3 is 5.32 Å². The second-order valence-electron chi connectivity index (χ2n) is 8.76. The number of benzene rings is 3. The maximum Gasteiger partial charge on any atom is 0.241 e. The Kier molecular flexibility index (Phi) is 6.28. The van der Waals surface area contributed by atoms with Crippen LogP contribution in [0.15, 0.2) is 65.7 Å². The summed E-state index contributed by atoms with van der Waals surface area (Å²) in [5.74, 6) is 0. The number of aryl methyl sites for hydroxylation is 4. The fraction of sp³-hybridized carbons (Fsp3) is 0.269. The lowest BCUT2D eigenvalue weighted by Crippen LogP contribution is -2.38. The summed E-state index contributed by atoms with van der Waals surface area (Å²) < 4.78 is 30.8. The van der Waals surface area contributed by atoms with Gasteiger partial charge in [-0.25, -0.2) is 17.8 Å². The first-order valence-electron chi connectivity index (χ1n) is 11.0. The van der Waals surface area contributed by atoms with E-state index in [-0.39, 0.29) is 6.04 Å². The van der Waals surface area contributed by atoms with E-state index in [9.17, 15) is 8.42 Å². The van der Waals surface area contributed by atoms with Crippen LogP contribution < -0.4 is 10.0 Å². The maximum absolute atomic E-state index is 13.1. The van der Waals surface area contributed by atoms with Gasteiger partial charge in [0.1, 0.15) is 0 Å². The minimum absolute atomic E-state index is 0.308. The number of nitrogens with zero attached hydrogens (tertiary/aromatic N) is 2. The lowest BCUT2D eigenvalue weighted by atomic mass is 10.1. The zero-order chi connectivity index (χ0) is 23.8. The summed E-state index contributed by atoms with van der Waals surface area (Å²) >= 11 is 0. The maximum atomic E-state index is 13.1. The summed E-state index contributed by atoms with van der Waals surface area (Å²) in [6.45, 7) is 10.0. The Labute approximate surface area is 195 Å². The fourth-order valence-corrected chi connectivity index (χ4v) is 6.09. The number of aromatic nitrogens is 2. The van der Waals surface area contributed by atoms with Crippen LogP contribution in [0.5, 0.6) is 0 Å². The number of hydrogen-bond acceptors (Lipinski definition) is 4. The zero-order valence-corrected chi connectivity index (χ0v) is 20.5. The van der Waals surface area contributed by atoms with Crippen molar-refractivity contribution < 1.29 is 8.42 Å². The topological polar surface area (TPSA) is 76.0 Å². The number of hydrogen-bond donors (Lipinski definition) is 2. The lowest BCUT2D eigenvalue weighted by Gasteiger charge is -2.18. The predicted octanol–water partition coefficient (Wildman–Crippen LogP) is 5.04. The molecule has 0 fully saturated rings. The highest BCUT2D eigenvalue weighted by Gasteiger charge is 2.22. The summed E-state index contributed by atoms with van der Waals surface area (Å²) in [6, 6.07) is 17.7. The first-order valence-corrected chi connectivity index (χ1v) is 12.5. The highest BCUT2D eigenvalue weighted by atomic mass is 32.2. The van der Waals surface area contributed by atoms with Gasteiger partial charge in [0, 0.05) is 23.7 Å². The van der Waals surface area contributed by atoms with Gasteiger partial charge in [-0.3, -0.25) is 0 Å². The molecule has 0 aliphatic carbocycles. The van der Waals surface area contributed by atoms with E-state index >= 15 is 0 Å². The average molecular weight is 463 g/mol. The van der Waals surface area contributed by atoms with E-state index in [2.05, 4.69) is 34.2 Å². The largest absolute Gasteiger partial charge is 0.383 e. The van der Waals surface area contributed by atoms with Gasteiger partial charge in [-0.15, -0.1) is 0 Å². The Morgan fingerprint density at radius 2 is 1.64 bits per heavy atom. The first-order chi connectivity index (χ1) is 15.7. The number of fused-ring (bicyclic) bond motifs is 1. The summed E-state index contributed by atoms with van der Waals surface area (Å²) in [4.78, 5) is 0.362. The van der Waals surface area contributed by atoms with Gasteiger partial charge in [-0.2, -0.15) is 5.10 Å². The molecule has 1 atom stereocenters. The van der Waals surface area contributed by atoms with Crippen LogP contribution in [0.25, 0.3) is 16.6 Å². The molecule has 4 aromatic rings. The smallest absolute Gasteiger partial charge is 0.241 e. The Balaban J connectivity index is 1.52. The molecule has 0 bridgehead atoms. The van der Waals surface area contributed by atoms with Crippen molar-refractivity contribution in [3.63, 3.8) is 0 Å². The molecule has 1 heterocycles. The summed E-state index contributed by atoms with van der Waals surface area (Å²) in [7, 11) is -3.63. The zero-order valence-electron chi connectivity index (χ0n) is 19.7. The van der Waals surface area contributed by atoms with E-state index in [1.54, 1.807) is 0 Å². The number of anilines is 1. The van der Waals surface area contributed by atoms with Crippen molar-refractivity contribution in [3.05, 3.63) is 83.0 Å². The van der Waals surface area contributed by atoms with E-state index in [0.29, 0.717) is 11.4 Å². The van der Waals surface area contributed by atoms with Crippen molar-refractivity contribution in [2.45, 2.75) is 45.6 Å². The van der Waals surface area contributed by atoms with Gasteiger partial charge in [0.2, 0.25) is 10.0 Å². The second-order valence-corrected chi connectivity index (χ2v) is 10.4. The molecule has 1 aromatic heterocycles. The number of rotatable bonds is 7. The van der Waals surface area contributed by atoms with Crippen LogP contribution in [0, 0.1) is 27.7 Å². The highest BCUT2D eigenvalue weighted by molar-refractivity contribution is 7.89. The van der Waals surface area contributed by atoms with Crippen molar-refractivity contribution >= 4 is 26.6 Å². The van der Waals surface area contributed by atoms with Crippen molar-refractivity contribution in [2.24, 2.45) is 0 Å². The first kappa shape index (κ1) is 23.0. The normalized spacial score (nSPS) is 12.8. The van der Waals surface area contributed by atoms with Gasteiger partial charge in [-0.1, -0.05) is 35.9 Å². The summed E-state index contributed by atoms with van der Waals surface area (Å²) in [5.41, 5.74) is 6.66. The van der Waals surface area contributed by atoms with Crippen molar-refractivity contribution in [1.82, 2.24) is 14.5 Å². The molecule has 7 heteroatoms. The molecule has 3 aromatic carbocycles. The average Bonchev–Trinajstić information content (AvgIpc) is 3.15.